The van der Waals surface area contributed by atoms with E-state index in [2.05, 4.69) is 21.3 Å². The van der Waals surface area contributed by atoms with E-state index in [1.54, 1.807) is 48.2 Å². The van der Waals surface area contributed by atoms with Crippen molar-refractivity contribution in [3.8, 4) is 0 Å². The molecule has 0 radical (unpaired) electrons. The van der Waals surface area contributed by atoms with E-state index in [-0.39, 0.29) is 63.6 Å². The maximum atomic E-state index is 13.2. The molecule has 1 saturated heterocycles. The van der Waals surface area contributed by atoms with Gasteiger partial charge in [0.25, 0.3) is 17.7 Å². The fourth-order valence-electron chi connectivity index (χ4n) is 6.58. The summed E-state index contributed by atoms with van der Waals surface area (Å²) in [6, 6.07) is 4.14. The number of ether oxygens (including phenoxy) is 3. The van der Waals surface area contributed by atoms with Crippen LogP contribution in [0.1, 0.15) is 55.5 Å². The Bertz CT molecular complexity index is 1940. The maximum Gasteiger partial charge on any atom is 0.412 e. The number of hydrogen-bond donors (Lipinski definition) is 5. The van der Waals surface area contributed by atoms with Crippen molar-refractivity contribution in [1.82, 2.24) is 45.8 Å². The largest absolute Gasteiger partial charge is 0.480 e. The molecule has 0 spiro atoms. The topological polar surface area (TPSA) is 283 Å². The first-order valence-electron chi connectivity index (χ1n) is 22.3. The number of benzene rings is 1. The number of amides is 6. The van der Waals surface area contributed by atoms with E-state index < -0.39 is 78.5 Å². The molecule has 1 aromatic carbocycles. The van der Waals surface area contributed by atoms with Crippen molar-refractivity contribution in [1.29, 1.82) is 0 Å². The Morgan fingerprint density at radius 1 is 0.838 bits per heavy atom. The van der Waals surface area contributed by atoms with Gasteiger partial charge in [0, 0.05) is 57.0 Å². The van der Waals surface area contributed by atoms with Crippen LogP contribution < -0.4 is 21.3 Å². The molecule has 5 N–H and O–H groups in total. The zero-order valence-electron chi connectivity index (χ0n) is 39.3. The van der Waals surface area contributed by atoms with Crippen molar-refractivity contribution in [3.63, 3.8) is 0 Å². The molecular weight excluding hydrogens is 911 g/mol. The van der Waals surface area contributed by atoms with Gasteiger partial charge in [-0.2, -0.15) is 11.8 Å². The summed E-state index contributed by atoms with van der Waals surface area (Å²) in [5.41, 5.74) is 0.942. The molecule has 2 heterocycles. The van der Waals surface area contributed by atoms with E-state index in [0.717, 1.165) is 17.1 Å². The molecular formula is C44H65N9O14S. The number of hydrogen-bond acceptors (Lipinski definition) is 18. The van der Waals surface area contributed by atoms with Gasteiger partial charge in [-0.3, -0.25) is 67.7 Å². The van der Waals surface area contributed by atoms with E-state index >= 15 is 0 Å². The van der Waals surface area contributed by atoms with Gasteiger partial charge in [0.15, 0.2) is 0 Å². The zero-order valence-corrected chi connectivity index (χ0v) is 40.1. The highest BCUT2D eigenvalue weighted by Gasteiger charge is 2.29. The molecule has 376 valence electrons. The monoisotopic (exact) mass is 975 g/mol. The molecule has 2 aliphatic heterocycles. The molecule has 0 saturated carbocycles. The number of carbonyl (C=O) groups excluding carboxylic acids is 9. The smallest absolute Gasteiger partial charge is 0.412 e. The second kappa shape index (κ2) is 29.7. The van der Waals surface area contributed by atoms with Crippen molar-refractivity contribution in [3.05, 3.63) is 47.5 Å². The van der Waals surface area contributed by atoms with E-state index in [1.165, 1.54) is 11.8 Å². The van der Waals surface area contributed by atoms with Crippen LogP contribution in [-0.2, 0) is 63.9 Å². The van der Waals surface area contributed by atoms with E-state index in [4.69, 9.17) is 14.2 Å². The van der Waals surface area contributed by atoms with E-state index in [9.17, 15) is 53.1 Å². The SMILES string of the molecule is CCN(C)CC(=O)OC1OC(=O)CN(C)CCN(CCN(CC)CC(=O)NCc2ccc(C(=O)N[C@@H](CCSC)C(=O)NCC(=O)N[C@@H](CCCCN3C(=O)C=CC3=O)C(=O)O)cc2)CC(=O)O1. The highest BCUT2D eigenvalue weighted by molar-refractivity contribution is 7.98. The van der Waals surface area contributed by atoms with Gasteiger partial charge in [-0.1, -0.05) is 26.0 Å². The number of nitrogens with zero attached hydrogens (tertiary/aromatic N) is 5. The van der Waals surface area contributed by atoms with Crippen LogP contribution in [0.4, 0.5) is 0 Å². The van der Waals surface area contributed by atoms with Gasteiger partial charge in [-0.25, -0.2) is 4.79 Å². The lowest BCUT2D eigenvalue weighted by Gasteiger charge is -2.27. The number of unbranched alkanes of at least 4 members (excludes halogenated alkanes) is 1. The van der Waals surface area contributed by atoms with Crippen LogP contribution in [-0.4, -0.2) is 212 Å². The van der Waals surface area contributed by atoms with Gasteiger partial charge in [0.2, 0.25) is 17.7 Å². The molecule has 0 aromatic heterocycles. The number of imide groups is 1. The summed E-state index contributed by atoms with van der Waals surface area (Å²) in [4.78, 5) is 133. The number of rotatable bonds is 27. The van der Waals surface area contributed by atoms with Gasteiger partial charge >= 0.3 is 30.4 Å². The predicted octanol–water partition coefficient (Wildman–Crippen LogP) is -1.63. The third-order valence-corrected chi connectivity index (χ3v) is 11.4. The van der Waals surface area contributed by atoms with E-state index in [1.807, 2.05) is 29.9 Å². The third-order valence-electron chi connectivity index (χ3n) is 10.7. The van der Waals surface area contributed by atoms with Gasteiger partial charge in [0.1, 0.15) is 12.1 Å². The summed E-state index contributed by atoms with van der Waals surface area (Å²) in [7, 11) is 3.41. The number of carbonyl (C=O) groups is 10. The number of aliphatic carboxylic acids is 1. The van der Waals surface area contributed by atoms with Crippen LogP contribution in [0.15, 0.2) is 36.4 Å². The Kier molecular flexibility index (Phi) is 24.6. The van der Waals surface area contributed by atoms with Gasteiger partial charge in [-0.15, -0.1) is 0 Å². The number of carboxylic acid groups (broad SMARTS) is 1. The van der Waals surface area contributed by atoms with Crippen LogP contribution in [0.2, 0.25) is 0 Å². The first kappa shape index (κ1) is 56.4. The molecule has 1 aromatic rings. The van der Waals surface area contributed by atoms with Crippen molar-refractivity contribution in [2.45, 2.75) is 64.6 Å². The number of cyclic esters (lactones) is 2. The second-order valence-electron chi connectivity index (χ2n) is 16.1. The lowest BCUT2D eigenvalue weighted by atomic mass is 10.1. The van der Waals surface area contributed by atoms with Crippen molar-refractivity contribution in [2.24, 2.45) is 0 Å². The van der Waals surface area contributed by atoms with Gasteiger partial charge < -0.3 is 40.6 Å². The molecule has 3 rings (SSSR count). The van der Waals surface area contributed by atoms with Gasteiger partial charge in [0.05, 0.1) is 32.7 Å². The highest BCUT2D eigenvalue weighted by atomic mass is 32.2. The quantitative estimate of drug-likeness (QED) is 0.0376. The zero-order chi connectivity index (χ0) is 50.2. The normalized spacial score (nSPS) is 16.9. The Hall–Kier alpha value is -5.95. The fraction of sp³-hybridized carbons (Fsp3) is 0.591. The molecule has 23 nitrogen and oxygen atoms in total. The van der Waals surface area contributed by atoms with Crippen molar-refractivity contribution >= 4 is 71.1 Å². The molecule has 1 fully saturated rings. The van der Waals surface area contributed by atoms with Crippen LogP contribution in [0, 0.1) is 0 Å². The third kappa shape index (κ3) is 20.9. The lowest BCUT2D eigenvalue weighted by Crippen LogP contribution is -2.51. The van der Waals surface area contributed by atoms with Crippen LogP contribution in [0.25, 0.3) is 0 Å². The number of nitrogens with one attached hydrogen (secondary N) is 4. The molecule has 1 unspecified atom stereocenters. The first-order valence-corrected chi connectivity index (χ1v) is 23.7. The van der Waals surface area contributed by atoms with Crippen LogP contribution >= 0.6 is 11.8 Å². The molecule has 0 aliphatic carbocycles. The predicted molar refractivity (Wildman–Crippen MR) is 246 cm³/mol. The fourth-order valence-corrected chi connectivity index (χ4v) is 7.05. The summed E-state index contributed by atoms with van der Waals surface area (Å²) in [5.74, 6) is -6.10. The van der Waals surface area contributed by atoms with Crippen molar-refractivity contribution < 1.29 is 67.3 Å². The number of esters is 3. The van der Waals surface area contributed by atoms with Gasteiger partial charge in [-0.05, 0) is 82.6 Å². The Balaban J connectivity index is 1.46. The Morgan fingerprint density at radius 3 is 2.15 bits per heavy atom. The average molecular weight is 976 g/mol. The number of carboxylic acids is 1. The van der Waals surface area contributed by atoms with Crippen LogP contribution in [0.5, 0.6) is 0 Å². The molecule has 6 amide bonds. The summed E-state index contributed by atoms with van der Waals surface area (Å²) in [6.45, 7) is 3.93. The highest BCUT2D eigenvalue weighted by Crippen LogP contribution is 2.11. The van der Waals surface area contributed by atoms with Crippen molar-refractivity contribution in [2.75, 3.05) is 105 Å². The minimum atomic E-state index is -1.83. The summed E-state index contributed by atoms with van der Waals surface area (Å²) < 4.78 is 15.5. The molecule has 0 bridgehead atoms. The summed E-state index contributed by atoms with van der Waals surface area (Å²) in [6.07, 6.45) is 5.05. The molecule has 2 aliphatic rings. The molecule has 68 heavy (non-hydrogen) atoms. The summed E-state index contributed by atoms with van der Waals surface area (Å²) >= 11 is 1.45. The minimum Gasteiger partial charge on any atom is -0.480 e. The first-order chi connectivity index (χ1) is 32.4. The van der Waals surface area contributed by atoms with E-state index in [0.29, 0.717) is 63.4 Å². The summed E-state index contributed by atoms with van der Waals surface area (Å²) in [5, 5.41) is 20.0. The average Bonchev–Trinajstić information content (AvgIpc) is 3.61. The second-order valence-corrected chi connectivity index (χ2v) is 17.1. The number of thioether (sulfide) groups is 1. The lowest BCUT2D eigenvalue weighted by molar-refractivity contribution is -0.258. The Labute approximate surface area is 399 Å². The van der Waals surface area contributed by atoms with Crippen LogP contribution in [0.3, 0.4) is 0 Å². The number of likely N-dealkylation sites (N-methyl/N-ethyl adjacent to an activating group) is 3. The standard InChI is InChI=1S/C44H65N9O14S/c1-6-49(3)27-38(58)65-44-66-39(59)28-50(4)19-20-52(29-40(60)67-44)22-21-51(7-2)26-35(55)45-24-30-11-13-31(14-12-30)41(61)48-32(17-23-68-5)42(62)46-25-34(54)47-33(43(63)64)10-8-9-18-53-36(56)15-16-37(53)57/h11-16,32-33,44H,6-10,17-29H2,1-5H3,(H,45,55)(H,46,62)(H,47,54)(H,48,61)(H,63,64)/t32-,33-,44?/m0/s1. The Morgan fingerprint density at radius 2 is 1.51 bits per heavy atom. The molecule has 24 heteroatoms. The molecule has 3 atom stereocenters. The minimum absolute atomic E-state index is 0.0275. The maximum absolute atomic E-state index is 13.2.